The molecule has 3 aromatic heterocycles. The Morgan fingerprint density at radius 1 is 1.37 bits per heavy atom. The van der Waals surface area contributed by atoms with Crippen LogP contribution in [0, 0.1) is 0 Å². The molecule has 2 N–H and O–H groups in total. The Hall–Kier alpha value is -3.23. The summed E-state index contributed by atoms with van der Waals surface area (Å²) in [7, 11) is 1.88. The standard InChI is InChI=1S/C18H23N7O2/c1-4-5-14-8-15(27-24-14)10-20-18(26)13-6-7-16(19-9-13)22-12(2)17-23-21-11-25(17)3/h6-9,11-12H,4-5,10H2,1-3H3,(H,19,22)(H,20,26)/t12-/m1/s1. The maximum Gasteiger partial charge on any atom is 0.253 e. The number of nitrogens with one attached hydrogen (secondary N) is 2. The highest BCUT2D eigenvalue weighted by Crippen LogP contribution is 2.15. The van der Waals surface area contributed by atoms with E-state index in [9.17, 15) is 4.79 Å². The summed E-state index contributed by atoms with van der Waals surface area (Å²) in [5, 5.41) is 17.9. The number of aromatic nitrogens is 5. The van der Waals surface area contributed by atoms with Gasteiger partial charge in [0.05, 0.1) is 23.8 Å². The van der Waals surface area contributed by atoms with E-state index in [0.717, 1.165) is 24.4 Å². The lowest BCUT2D eigenvalue weighted by atomic mass is 10.2. The molecular formula is C18H23N7O2. The van der Waals surface area contributed by atoms with Crippen LogP contribution in [0.5, 0.6) is 0 Å². The van der Waals surface area contributed by atoms with Gasteiger partial charge in [-0.1, -0.05) is 18.5 Å². The Balaban J connectivity index is 1.54. The summed E-state index contributed by atoms with van der Waals surface area (Å²) in [6.07, 6.45) is 5.04. The minimum atomic E-state index is -0.219. The van der Waals surface area contributed by atoms with Crippen molar-refractivity contribution in [2.45, 2.75) is 39.3 Å². The topological polar surface area (TPSA) is 111 Å². The van der Waals surface area contributed by atoms with Gasteiger partial charge in [-0.05, 0) is 25.5 Å². The van der Waals surface area contributed by atoms with Gasteiger partial charge in [0, 0.05) is 19.3 Å². The minimum absolute atomic E-state index is 0.0616. The summed E-state index contributed by atoms with van der Waals surface area (Å²) < 4.78 is 7.05. The van der Waals surface area contributed by atoms with E-state index in [1.54, 1.807) is 18.5 Å². The van der Waals surface area contributed by atoms with Crippen LogP contribution in [-0.4, -0.2) is 30.8 Å². The summed E-state index contributed by atoms with van der Waals surface area (Å²) in [5.74, 6) is 1.87. The van der Waals surface area contributed by atoms with Gasteiger partial charge < -0.3 is 19.7 Å². The lowest BCUT2D eigenvalue weighted by Gasteiger charge is -2.13. The number of hydrogen-bond donors (Lipinski definition) is 2. The number of amides is 1. The van der Waals surface area contributed by atoms with Crippen LogP contribution >= 0.6 is 0 Å². The second-order valence-corrected chi connectivity index (χ2v) is 6.32. The molecule has 0 spiro atoms. The fraction of sp³-hybridized carbons (Fsp3) is 0.389. The highest BCUT2D eigenvalue weighted by atomic mass is 16.5. The maximum absolute atomic E-state index is 12.3. The zero-order valence-electron chi connectivity index (χ0n) is 15.6. The average Bonchev–Trinajstić information content (AvgIpc) is 3.29. The van der Waals surface area contributed by atoms with E-state index in [-0.39, 0.29) is 11.9 Å². The lowest BCUT2D eigenvalue weighted by Crippen LogP contribution is -2.22. The molecule has 3 aromatic rings. The van der Waals surface area contributed by atoms with Crippen LogP contribution in [0.3, 0.4) is 0 Å². The molecule has 0 saturated heterocycles. The van der Waals surface area contributed by atoms with E-state index in [4.69, 9.17) is 4.52 Å². The Labute approximate surface area is 157 Å². The number of carbonyl (C=O) groups is 1. The van der Waals surface area contributed by atoms with E-state index < -0.39 is 0 Å². The molecule has 0 fully saturated rings. The van der Waals surface area contributed by atoms with Gasteiger partial charge in [-0.25, -0.2) is 4.98 Å². The van der Waals surface area contributed by atoms with Gasteiger partial charge in [-0.3, -0.25) is 4.79 Å². The number of nitrogens with zero attached hydrogens (tertiary/aromatic N) is 5. The van der Waals surface area contributed by atoms with Crippen molar-refractivity contribution in [3.8, 4) is 0 Å². The van der Waals surface area contributed by atoms with Gasteiger partial charge >= 0.3 is 0 Å². The second-order valence-electron chi connectivity index (χ2n) is 6.32. The number of rotatable bonds is 8. The van der Waals surface area contributed by atoms with E-state index in [1.807, 2.05) is 24.6 Å². The molecule has 0 aliphatic heterocycles. The fourth-order valence-electron chi connectivity index (χ4n) is 2.67. The Morgan fingerprint density at radius 3 is 2.89 bits per heavy atom. The van der Waals surface area contributed by atoms with Gasteiger partial charge in [0.25, 0.3) is 5.91 Å². The molecule has 0 bridgehead atoms. The molecular weight excluding hydrogens is 346 g/mol. The zero-order chi connectivity index (χ0) is 19.2. The van der Waals surface area contributed by atoms with Gasteiger partial charge in [0.2, 0.25) is 0 Å². The first-order valence-electron chi connectivity index (χ1n) is 8.86. The number of hydrogen-bond acceptors (Lipinski definition) is 7. The smallest absolute Gasteiger partial charge is 0.253 e. The minimum Gasteiger partial charge on any atom is -0.360 e. The third kappa shape index (κ3) is 4.69. The first-order chi connectivity index (χ1) is 13.1. The predicted octanol–water partition coefficient (Wildman–Crippen LogP) is 2.25. The zero-order valence-corrected chi connectivity index (χ0v) is 15.6. The molecule has 9 nitrogen and oxygen atoms in total. The molecule has 0 aliphatic rings. The Bertz CT molecular complexity index is 885. The van der Waals surface area contributed by atoms with Crippen molar-refractivity contribution in [2.75, 3.05) is 5.32 Å². The monoisotopic (exact) mass is 369 g/mol. The first-order valence-corrected chi connectivity index (χ1v) is 8.86. The van der Waals surface area contributed by atoms with E-state index in [0.29, 0.717) is 23.7 Å². The van der Waals surface area contributed by atoms with Gasteiger partial charge in [0.15, 0.2) is 11.6 Å². The van der Waals surface area contributed by atoms with Gasteiger partial charge in [0.1, 0.15) is 12.1 Å². The summed E-state index contributed by atoms with van der Waals surface area (Å²) in [5.41, 5.74) is 1.37. The SMILES string of the molecule is CCCc1cc(CNC(=O)c2ccc(N[C@H](C)c3nncn3C)nc2)on1. The van der Waals surface area contributed by atoms with Gasteiger partial charge in [-0.15, -0.1) is 10.2 Å². The van der Waals surface area contributed by atoms with Crippen LogP contribution in [-0.2, 0) is 20.0 Å². The van der Waals surface area contributed by atoms with Crippen LogP contribution in [0.15, 0.2) is 35.2 Å². The van der Waals surface area contributed by atoms with E-state index in [2.05, 4.69) is 37.9 Å². The van der Waals surface area contributed by atoms with Crippen LogP contribution in [0.1, 0.15) is 53.9 Å². The average molecular weight is 369 g/mol. The molecule has 3 rings (SSSR count). The van der Waals surface area contributed by atoms with Crippen molar-refractivity contribution in [3.05, 3.63) is 53.6 Å². The normalized spacial score (nSPS) is 12.0. The molecule has 27 heavy (non-hydrogen) atoms. The molecule has 0 unspecified atom stereocenters. The largest absolute Gasteiger partial charge is 0.360 e. The van der Waals surface area contributed by atoms with E-state index in [1.165, 1.54) is 6.20 Å². The van der Waals surface area contributed by atoms with Crippen molar-refractivity contribution in [2.24, 2.45) is 7.05 Å². The predicted molar refractivity (Wildman–Crippen MR) is 98.9 cm³/mol. The van der Waals surface area contributed by atoms with Crippen LogP contribution < -0.4 is 10.6 Å². The molecule has 9 heteroatoms. The third-order valence-corrected chi connectivity index (χ3v) is 4.06. The van der Waals surface area contributed by atoms with Crippen LogP contribution in [0.4, 0.5) is 5.82 Å². The van der Waals surface area contributed by atoms with Crippen molar-refractivity contribution in [1.29, 1.82) is 0 Å². The molecule has 0 radical (unpaired) electrons. The fourth-order valence-corrected chi connectivity index (χ4v) is 2.67. The van der Waals surface area contributed by atoms with Crippen LogP contribution in [0.2, 0.25) is 0 Å². The Morgan fingerprint density at radius 2 is 2.22 bits per heavy atom. The summed E-state index contributed by atoms with van der Waals surface area (Å²) >= 11 is 0. The van der Waals surface area contributed by atoms with Crippen LogP contribution in [0.25, 0.3) is 0 Å². The van der Waals surface area contributed by atoms with E-state index >= 15 is 0 Å². The molecule has 1 atom stereocenters. The first kappa shape index (κ1) is 18.6. The molecule has 0 saturated carbocycles. The molecule has 3 heterocycles. The summed E-state index contributed by atoms with van der Waals surface area (Å²) in [6, 6.07) is 5.28. The highest BCUT2D eigenvalue weighted by molar-refractivity contribution is 5.93. The third-order valence-electron chi connectivity index (χ3n) is 4.06. The Kier molecular flexibility index (Phi) is 5.80. The van der Waals surface area contributed by atoms with Crippen molar-refractivity contribution < 1.29 is 9.32 Å². The molecule has 0 aliphatic carbocycles. The van der Waals surface area contributed by atoms with Crippen molar-refractivity contribution in [1.82, 2.24) is 30.2 Å². The lowest BCUT2D eigenvalue weighted by molar-refractivity contribution is 0.0946. The highest BCUT2D eigenvalue weighted by Gasteiger charge is 2.13. The second kappa shape index (κ2) is 8.43. The summed E-state index contributed by atoms with van der Waals surface area (Å²) in [6.45, 7) is 4.34. The van der Waals surface area contributed by atoms with Gasteiger partial charge in [-0.2, -0.15) is 0 Å². The number of anilines is 1. The summed E-state index contributed by atoms with van der Waals surface area (Å²) in [4.78, 5) is 16.6. The van der Waals surface area contributed by atoms with Crippen molar-refractivity contribution >= 4 is 11.7 Å². The molecule has 0 aromatic carbocycles. The maximum atomic E-state index is 12.3. The quantitative estimate of drug-likeness (QED) is 0.626. The molecule has 142 valence electrons. The number of aryl methyl sites for hydroxylation is 2. The number of carbonyl (C=O) groups excluding carboxylic acids is 1. The van der Waals surface area contributed by atoms with Crippen molar-refractivity contribution in [3.63, 3.8) is 0 Å². The molecule has 1 amide bonds. The number of pyridine rings is 1.